The van der Waals surface area contributed by atoms with E-state index >= 15 is 0 Å². The van der Waals surface area contributed by atoms with E-state index in [-0.39, 0.29) is 0 Å². The molecule has 1 N–H and O–H groups in total. The first-order valence-electron chi connectivity index (χ1n) is 5.45. The second-order valence-corrected chi connectivity index (χ2v) is 4.85. The van der Waals surface area contributed by atoms with Gasteiger partial charge in [-0.3, -0.25) is 0 Å². The summed E-state index contributed by atoms with van der Waals surface area (Å²) in [5.74, 6) is -29.4. The maximum Gasteiger partial charge on any atom is 0.460 e. The normalized spacial score (nSPS) is 19.4. The molecule has 0 saturated heterocycles. The van der Waals surface area contributed by atoms with Crippen LogP contribution in [0.4, 0.5) is 52.7 Å². The first-order chi connectivity index (χ1) is 9.67. The average molecular weight is 373 g/mol. The quantitative estimate of drug-likeness (QED) is 0.685. The molecule has 0 aromatic heterocycles. The van der Waals surface area contributed by atoms with Crippen LogP contribution in [-0.4, -0.2) is 46.7 Å². The molecule has 0 aliphatic heterocycles. The zero-order valence-corrected chi connectivity index (χ0v) is 11.0. The third-order valence-corrected chi connectivity index (χ3v) is 2.81. The van der Waals surface area contributed by atoms with Crippen molar-refractivity contribution in [2.24, 2.45) is 0 Å². The van der Waals surface area contributed by atoms with E-state index in [9.17, 15) is 52.7 Å². The minimum absolute atomic E-state index is 0.475. The van der Waals surface area contributed by atoms with Gasteiger partial charge < -0.3 is 5.11 Å². The second kappa shape index (κ2) is 5.59. The van der Waals surface area contributed by atoms with Gasteiger partial charge in [-0.05, 0) is 13.8 Å². The summed E-state index contributed by atoms with van der Waals surface area (Å²) < 4.78 is 153. The van der Waals surface area contributed by atoms with E-state index in [4.69, 9.17) is 5.11 Å². The van der Waals surface area contributed by atoms with Crippen molar-refractivity contribution < 1.29 is 57.8 Å². The molecule has 0 aromatic carbocycles. The van der Waals surface area contributed by atoms with Crippen molar-refractivity contribution in [1.82, 2.24) is 0 Å². The lowest BCUT2D eigenvalue weighted by Gasteiger charge is -2.41. The fraction of sp³-hybridized carbons (Fsp3) is 0.900. The Morgan fingerprint density at radius 3 is 1.26 bits per heavy atom. The van der Waals surface area contributed by atoms with Crippen LogP contribution in [0.15, 0.2) is 0 Å². The van der Waals surface area contributed by atoms with Gasteiger partial charge in [0.15, 0.2) is 5.67 Å². The summed E-state index contributed by atoms with van der Waals surface area (Å²) in [6, 6.07) is 0. The van der Waals surface area contributed by atoms with Crippen molar-refractivity contribution in [3.05, 3.63) is 6.92 Å². The SMILES string of the molecule is [CH2]C(O)C[C@](C)(F)C(F)(F)C(F)(F)C(F)(F)C(F)(F)C(F)(F)F. The maximum absolute atomic E-state index is 13.5. The van der Waals surface area contributed by atoms with Crippen LogP contribution >= 0.6 is 0 Å². The molecule has 0 bridgehead atoms. The fourth-order valence-electron chi connectivity index (χ4n) is 1.47. The van der Waals surface area contributed by atoms with E-state index < -0.39 is 55.0 Å². The van der Waals surface area contributed by atoms with Crippen LogP contribution in [0.3, 0.4) is 0 Å². The van der Waals surface area contributed by atoms with Gasteiger partial charge in [-0.15, -0.1) is 0 Å². The van der Waals surface area contributed by atoms with Crippen molar-refractivity contribution >= 4 is 0 Å². The van der Waals surface area contributed by atoms with Gasteiger partial charge in [0, 0.05) is 6.42 Å². The monoisotopic (exact) mass is 373 g/mol. The molecule has 0 aromatic rings. The number of rotatable bonds is 6. The third-order valence-electron chi connectivity index (χ3n) is 2.81. The highest BCUT2D eigenvalue weighted by Gasteiger charge is 2.89. The van der Waals surface area contributed by atoms with Gasteiger partial charge in [0.05, 0.1) is 6.10 Å². The first kappa shape index (κ1) is 22.1. The number of aliphatic hydroxyl groups excluding tert-OH is 1. The fourth-order valence-corrected chi connectivity index (χ4v) is 1.47. The lowest BCUT2D eigenvalue weighted by atomic mass is 9.85. The van der Waals surface area contributed by atoms with Crippen molar-refractivity contribution in [3.8, 4) is 0 Å². The Labute approximate surface area is 121 Å². The Morgan fingerprint density at radius 2 is 1.00 bits per heavy atom. The molecule has 23 heavy (non-hydrogen) atoms. The second-order valence-electron chi connectivity index (χ2n) is 4.85. The van der Waals surface area contributed by atoms with E-state index in [0.29, 0.717) is 0 Å². The standard InChI is InChI=1S/C10H9F12O/c1-4(23)3-5(2,11)6(12,13)7(14,15)8(16,17)9(18,19)10(20,21)22/h4,23H,1,3H2,2H3/t4?,5-/m0/s1. The molecular weight excluding hydrogens is 364 g/mol. The van der Waals surface area contributed by atoms with Gasteiger partial charge in [0.1, 0.15) is 0 Å². The highest BCUT2D eigenvalue weighted by atomic mass is 19.4. The number of hydrogen-bond donors (Lipinski definition) is 1. The summed E-state index contributed by atoms with van der Waals surface area (Å²) in [5, 5.41) is 8.56. The highest BCUT2D eigenvalue weighted by molar-refractivity contribution is 5.11. The minimum Gasteiger partial charge on any atom is -0.393 e. The summed E-state index contributed by atoms with van der Waals surface area (Å²) in [4.78, 5) is 0. The van der Waals surface area contributed by atoms with Gasteiger partial charge in [0.25, 0.3) is 0 Å². The van der Waals surface area contributed by atoms with Crippen LogP contribution in [0, 0.1) is 6.92 Å². The molecule has 0 rings (SSSR count). The number of alkyl halides is 12. The molecule has 0 fully saturated rings. The highest BCUT2D eigenvalue weighted by Crippen LogP contribution is 2.60. The average Bonchev–Trinajstić information content (AvgIpc) is 2.24. The molecule has 0 amide bonds. The van der Waals surface area contributed by atoms with Crippen LogP contribution in [-0.2, 0) is 0 Å². The molecular formula is C10H9F12O. The lowest BCUT2D eigenvalue weighted by molar-refractivity contribution is -0.432. The number of aliphatic hydroxyl groups is 1. The Balaban J connectivity index is 6.14. The van der Waals surface area contributed by atoms with Crippen molar-refractivity contribution in [1.29, 1.82) is 0 Å². The number of hydrogen-bond acceptors (Lipinski definition) is 1. The first-order valence-corrected chi connectivity index (χ1v) is 5.45. The van der Waals surface area contributed by atoms with E-state index in [1.807, 2.05) is 0 Å². The summed E-state index contributed by atoms with van der Waals surface area (Å²) in [6.07, 6.45) is -11.7. The van der Waals surface area contributed by atoms with Crippen LogP contribution in [0.1, 0.15) is 13.3 Å². The van der Waals surface area contributed by atoms with Crippen molar-refractivity contribution in [3.63, 3.8) is 0 Å². The zero-order chi connectivity index (χ0) is 19.3. The Morgan fingerprint density at radius 1 is 0.696 bits per heavy atom. The van der Waals surface area contributed by atoms with E-state index in [2.05, 4.69) is 6.92 Å². The molecule has 0 aliphatic carbocycles. The molecule has 1 nitrogen and oxygen atoms in total. The Hall–Kier alpha value is -0.880. The molecule has 0 aliphatic rings. The summed E-state index contributed by atoms with van der Waals surface area (Å²) in [6.45, 7) is 2.02. The third kappa shape index (κ3) is 3.20. The van der Waals surface area contributed by atoms with Crippen LogP contribution < -0.4 is 0 Å². The summed E-state index contributed by atoms with van der Waals surface area (Å²) in [5.41, 5.74) is -4.78. The molecule has 0 heterocycles. The molecule has 13 heteroatoms. The van der Waals surface area contributed by atoms with Crippen LogP contribution in [0.2, 0.25) is 0 Å². The Kier molecular flexibility index (Phi) is 5.37. The zero-order valence-electron chi connectivity index (χ0n) is 11.0. The maximum atomic E-state index is 13.5. The van der Waals surface area contributed by atoms with Crippen molar-refractivity contribution in [2.75, 3.05) is 0 Å². The summed E-state index contributed by atoms with van der Waals surface area (Å²) in [7, 11) is 0. The largest absolute Gasteiger partial charge is 0.460 e. The van der Waals surface area contributed by atoms with Gasteiger partial charge in [-0.1, -0.05) is 0 Å². The Bertz CT molecular complexity index is 422. The molecule has 2 atom stereocenters. The predicted molar refractivity (Wildman–Crippen MR) is 51.3 cm³/mol. The smallest absolute Gasteiger partial charge is 0.393 e. The van der Waals surface area contributed by atoms with E-state index in [1.54, 1.807) is 0 Å². The van der Waals surface area contributed by atoms with E-state index in [0.717, 1.165) is 0 Å². The van der Waals surface area contributed by atoms with Crippen LogP contribution in [0.25, 0.3) is 0 Å². The van der Waals surface area contributed by atoms with Gasteiger partial charge in [-0.2, -0.15) is 48.3 Å². The minimum atomic E-state index is -7.68. The molecule has 0 saturated carbocycles. The molecule has 1 unspecified atom stereocenters. The lowest BCUT2D eigenvalue weighted by Crippen LogP contribution is -2.70. The molecule has 0 spiro atoms. The number of halogens is 12. The summed E-state index contributed by atoms with van der Waals surface area (Å²) >= 11 is 0. The van der Waals surface area contributed by atoms with Crippen LogP contribution in [0.5, 0.6) is 0 Å². The van der Waals surface area contributed by atoms with Gasteiger partial charge in [-0.25, -0.2) is 4.39 Å². The molecule has 1 radical (unpaired) electrons. The van der Waals surface area contributed by atoms with E-state index in [1.165, 1.54) is 0 Å². The van der Waals surface area contributed by atoms with Gasteiger partial charge >= 0.3 is 29.9 Å². The topological polar surface area (TPSA) is 20.2 Å². The van der Waals surface area contributed by atoms with Gasteiger partial charge in [0.2, 0.25) is 0 Å². The van der Waals surface area contributed by atoms with Crippen molar-refractivity contribution in [2.45, 2.75) is 55.0 Å². The predicted octanol–water partition coefficient (Wildman–Crippen LogP) is 4.40. The molecule has 139 valence electrons.